The molecule has 0 aliphatic heterocycles. The highest BCUT2D eigenvalue weighted by atomic mass is 31.2. The average Bonchev–Trinajstić information content (AvgIpc) is 2.12. The van der Waals surface area contributed by atoms with Crippen LogP contribution < -0.4 is 0 Å². The first-order chi connectivity index (χ1) is 44.1. The molecule has 0 aromatic rings. The van der Waals surface area contributed by atoms with E-state index >= 15 is 0 Å². The van der Waals surface area contributed by atoms with E-state index in [9.17, 15) is 43.2 Å². The highest BCUT2D eigenvalue weighted by Crippen LogP contribution is 2.45. The fraction of sp³-hybridized carbons (Fsp3) is 0.945. The Morgan fingerprint density at radius 3 is 0.772 bits per heavy atom. The lowest BCUT2D eigenvalue weighted by molar-refractivity contribution is -0.161. The lowest BCUT2D eigenvalue weighted by atomic mass is 10.00. The van der Waals surface area contributed by atoms with Crippen LogP contribution >= 0.6 is 15.6 Å². The van der Waals surface area contributed by atoms with Gasteiger partial charge in [-0.15, -0.1) is 0 Å². The van der Waals surface area contributed by atoms with E-state index < -0.39 is 97.5 Å². The van der Waals surface area contributed by atoms with Gasteiger partial charge in [0.15, 0.2) is 12.2 Å². The zero-order valence-corrected chi connectivity index (χ0v) is 62.0. The predicted molar refractivity (Wildman–Crippen MR) is 372 cm³/mol. The zero-order chi connectivity index (χ0) is 68.2. The fourth-order valence-corrected chi connectivity index (χ4v) is 12.6. The quantitative estimate of drug-likeness (QED) is 0.0222. The summed E-state index contributed by atoms with van der Waals surface area (Å²) in [6, 6.07) is 0. The number of unbranched alkanes of at least 4 members (excludes halogenated alkanes) is 35. The number of ether oxygens (including phenoxy) is 4. The van der Waals surface area contributed by atoms with Crippen molar-refractivity contribution in [2.24, 2.45) is 23.7 Å². The first-order valence-corrected chi connectivity index (χ1v) is 40.7. The normalized spacial score (nSPS) is 14.5. The minimum atomic E-state index is -4.95. The van der Waals surface area contributed by atoms with Crippen molar-refractivity contribution >= 4 is 39.5 Å². The number of phosphoric ester groups is 2. The first kappa shape index (κ1) is 90.1. The Balaban J connectivity index is 5.26. The van der Waals surface area contributed by atoms with Crippen LogP contribution in [0.2, 0.25) is 0 Å². The van der Waals surface area contributed by atoms with E-state index in [0.29, 0.717) is 25.7 Å². The molecule has 0 amide bonds. The molecule has 0 heterocycles. The Labute approximate surface area is 562 Å². The molecule has 3 N–H and O–H groups in total. The van der Waals surface area contributed by atoms with E-state index in [1.807, 2.05) is 0 Å². The molecule has 0 spiro atoms. The van der Waals surface area contributed by atoms with Gasteiger partial charge in [0.05, 0.1) is 26.4 Å². The van der Waals surface area contributed by atoms with Crippen LogP contribution in [0.4, 0.5) is 0 Å². The summed E-state index contributed by atoms with van der Waals surface area (Å²) in [6.07, 6.45) is 45.8. The number of aliphatic hydroxyl groups is 1. The number of hydrogen-bond acceptors (Lipinski definition) is 15. The largest absolute Gasteiger partial charge is 0.472 e. The van der Waals surface area contributed by atoms with Gasteiger partial charge in [-0.2, -0.15) is 0 Å². The molecule has 0 aromatic carbocycles. The van der Waals surface area contributed by atoms with Gasteiger partial charge in [0.25, 0.3) is 0 Å². The second-order valence-corrected chi connectivity index (χ2v) is 30.9. The Hall–Kier alpha value is -1.94. The molecule has 0 aliphatic rings. The van der Waals surface area contributed by atoms with Crippen LogP contribution in [0.3, 0.4) is 0 Å². The van der Waals surface area contributed by atoms with Gasteiger partial charge in [-0.25, -0.2) is 9.13 Å². The third-order valence-electron chi connectivity index (χ3n) is 17.2. The van der Waals surface area contributed by atoms with Crippen LogP contribution in [-0.2, 0) is 65.4 Å². The molecule has 0 aliphatic carbocycles. The molecule has 3 unspecified atom stereocenters. The summed E-state index contributed by atoms with van der Waals surface area (Å²) in [5.74, 6) is 0.903. The van der Waals surface area contributed by atoms with Crippen LogP contribution in [0.15, 0.2) is 0 Å². The summed E-state index contributed by atoms with van der Waals surface area (Å²) >= 11 is 0. The summed E-state index contributed by atoms with van der Waals surface area (Å²) in [5.41, 5.74) is 0. The minimum Gasteiger partial charge on any atom is -0.462 e. The van der Waals surface area contributed by atoms with Gasteiger partial charge < -0.3 is 33.8 Å². The molecule has 0 aromatic heterocycles. The van der Waals surface area contributed by atoms with Crippen molar-refractivity contribution in [3.63, 3.8) is 0 Å². The topological polar surface area (TPSA) is 237 Å². The lowest BCUT2D eigenvalue weighted by Gasteiger charge is -2.21. The number of esters is 4. The van der Waals surface area contributed by atoms with Crippen LogP contribution in [0, 0.1) is 23.7 Å². The Bertz CT molecular complexity index is 1820. The molecule has 92 heavy (non-hydrogen) atoms. The maximum atomic E-state index is 13.0. The van der Waals surface area contributed by atoms with Gasteiger partial charge in [0, 0.05) is 25.7 Å². The lowest BCUT2D eigenvalue weighted by Crippen LogP contribution is -2.30. The molecule has 19 heteroatoms. The van der Waals surface area contributed by atoms with E-state index in [4.69, 9.17) is 37.0 Å². The molecule has 6 atom stereocenters. The SMILES string of the molecule is CCC(C)CCCCCCCCC(=O)OC[C@H](COP(=O)(O)OC[C@H](O)COP(=O)(O)OC[C@@H](COC(=O)CCCCCCCCCCCC(C)C)OC(=O)CCCCCCCCCCCCCCC(C)C)OC(=O)CCCCCCCCCCCCCCC(C)C. The fourth-order valence-electron chi connectivity index (χ4n) is 11.0. The van der Waals surface area contributed by atoms with Gasteiger partial charge in [-0.3, -0.25) is 37.3 Å². The van der Waals surface area contributed by atoms with Crippen molar-refractivity contribution in [2.45, 2.75) is 382 Å². The number of carbonyl (C=O) groups is 4. The van der Waals surface area contributed by atoms with Crippen LogP contribution in [0.25, 0.3) is 0 Å². The van der Waals surface area contributed by atoms with E-state index in [-0.39, 0.29) is 25.7 Å². The van der Waals surface area contributed by atoms with Crippen molar-refractivity contribution < 1.29 is 80.2 Å². The molecule has 17 nitrogen and oxygen atoms in total. The van der Waals surface area contributed by atoms with E-state index in [2.05, 4.69) is 55.4 Å². The summed E-state index contributed by atoms with van der Waals surface area (Å²) in [6.45, 7) is 14.1. The van der Waals surface area contributed by atoms with Crippen LogP contribution in [-0.4, -0.2) is 96.7 Å². The van der Waals surface area contributed by atoms with Crippen molar-refractivity contribution in [3.05, 3.63) is 0 Å². The smallest absolute Gasteiger partial charge is 0.462 e. The number of carbonyl (C=O) groups excluding carboxylic acids is 4. The van der Waals surface area contributed by atoms with Gasteiger partial charge >= 0.3 is 39.5 Å². The second kappa shape index (κ2) is 62.6. The average molecular weight is 1350 g/mol. The monoisotopic (exact) mass is 1350 g/mol. The van der Waals surface area contributed by atoms with E-state index in [1.54, 1.807) is 0 Å². The van der Waals surface area contributed by atoms with E-state index in [0.717, 1.165) is 120 Å². The van der Waals surface area contributed by atoms with Crippen molar-refractivity contribution in [1.82, 2.24) is 0 Å². The van der Waals surface area contributed by atoms with Crippen LogP contribution in [0.5, 0.6) is 0 Å². The summed E-state index contributed by atoms with van der Waals surface area (Å²) in [7, 11) is -9.91. The van der Waals surface area contributed by atoms with Crippen molar-refractivity contribution in [2.75, 3.05) is 39.6 Å². The summed E-state index contributed by atoms with van der Waals surface area (Å²) in [4.78, 5) is 72.7. The van der Waals surface area contributed by atoms with Crippen molar-refractivity contribution in [3.8, 4) is 0 Å². The number of phosphoric acid groups is 2. The standard InChI is InChI=1S/C73H142O17P2/c1-9-66(8)52-44-36-31-32-38-46-54-71(76)84-60-69(90-73(78)56-48-40-30-23-17-13-11-15-20-26-34-42-50-64(4)5)62-88-92(81,82)86-58-67(74)57-85-91(79,80)87-61-68(59-83-70(75)53-45-37-28-24-18-21-27-35-43-51-65(6)7)89-72(77)55-47-39-29-22-16-12-10-14-19-25-33-41-49-63(2)3/h63-69,74H,9-62H2,1-8H3,(H,79,80)(H,81,82)/t66?,67-,68-,69-/m1/s1. The second-order valence-electron chi connectivity index (χ2n) is 28.0. The minimum absolute atomic E-state index is 0.105. The van der Waals surface area contributed by atoms with Gasteiger partial charge in [0.2, 0.25) is 0 Å². The van der Waals surface area contributed by atoms with Crippen molar-refractivity contribution in [1.29, 1.82) is 0 Å². The molecular weight excluding hydrogens is 1210 g/mol. The number of rotatable bonds is 70. The number of aliphatic hydroxyl groups excluding tert-OH is 1. The third-order valence-corrected chi connectivity index (χ3v) is 19.1. The summed E-state index contributed by atoms with van der Waals surface area (Å²) < 4.78 is 68.4. The Kier molecular flexibility index (Phi) is 61.3. The Morgan fingerprint density at radius 1 is 0.304 bits per heavy atom. The van der Waals surface area contributed by atoms with Crippen LogP contribution in [0.1, 0.15) is 364 Å². The predicted octanol–water partition coefficient (Wildman–Crippen LogP) is 20.9. The highest BCUT2D eigenvalue weighted by Gasteiger charge is 2.30. The summed E-state index contributed by atoms with van der Waals surface area (Å²) in [5, 5.41) is 10.6. The number of hydrogen-bond donors (Lipinski definition) is 3. The molecule has 0 bridgehead atoms. The molecule has 0 radical (unpaired) electrons. The maximum Gasteiger partial charge on any atom is 0.472 e. The first-order valence-electron chi connectivity index (χ1n) is 37.7. The van der Waals surface area contributed by atoms with E-state index in [1.165, 1.54) is 161 Å². The molecule has 0 rings (SSSR count). The third kappa shape index (κ3) is 65.4. The van der Waals surface area contributed by atoms with Gasteiger partial charge in [-0.1, -0.05) is 312 Å². The van der Waals surface area contributed by atoms with Gasteiger partial charge in [-0.05, 0) is 49.4 Å². The Morgan fingerprint density at radius 2 is 0.522 bits per heavy atom. The molecule has 546 valence electrons. The highest BCUT2D eigenvalue weighted by molar-refractivity contribution is 7.47. The zero-order valence-electron chi connectivity index (χ0n) is 60.2. The molecular formula is C73H142O17P2. The maximum absolute atomic E-state index is 13.0. The molecule has 0 saturated heterocycles. The van der Waals surface area contributed by atoms with Gasteiger partial charge in [0.1, 0.15) is 19.3 Å². The molecule has 0 fully saturated rings. The molecule has 0 saturated carbocycles.